The van der Waals surface area contributed by atoms with Crippen molar-refractivity contribution in [2.45, 2.75) is 38.6 Å². The van der Waals surface area contributed by atoms with Crippen LogP contribution in [-0.4, -0.2) is 25.2 Å². The molecule has 0 bridgehead atoms. The van der Waals surface area contributed by atoms with E-state index >= 15 is 0 Å². The fourth-order valence-corrected chi connectivity index (χ4v) is 1.91. The summed E-state index contributed by atoms with van der Waals surface area (Å²) < 4.78 is 4.96. The standard InChI is InChI=1S/C15H24N2O2/c1-2-3-14(17)9-6-12-4-7-13(8-5-12)15(18)19-11-10-16/h4-5,7-8,14H,2-3,6,9-11,16-17H2,1H3. The van der Waals surface area contributed by atoms with Crippen molar-refractivity contribution in [1.29, 1.82) is 0 Å². The topological polar surface area (TPSA) is 78.3 Å². The molecule has 1 aromatic carbocycles. The maximum absolute atomic E-state index is 11.6. The summed E-state index contributed by atoms with van der Waals surface area (Å²) in [5.74, 6) is -0.320. The fourth-order valence-electron chi connectivity index (χ4n) is 1.91. The van der Waals surface area contributed by atoms with Gasteiger partial charge in [-0.05, 0) is 37.0 Å². The molecule has 4 N–H and O–H groups in total. The summed E-state index contributed by atoms with van der Waals surface area (Å²) in [6.45, 7) is 2.74. The van der Waals surface area contributed by atoms with Crippen LogP contribution in [0.15, 0.2) is 24.3 Å². The first-order valence-electron chi connectivity index (χ1n) is 6.89. The van der Waals surface area contributed by atoms with E-state index in [9.17, 15) is 4.79 Å². The van der Waals surface area contributed by atoms with Gasteiger partial charge in [-0.15, -0.1) is 0 Å². The molecule has 0 radical (unpaired) electrons. The summed E-state index contributed by atoms with van der Waals surface area (Å²) in [5.41, 5.74) is 13.0. The van der Waals surface area contributed by atoms with Crippen molar-refractivity contribution in [3.63, 3.8) is 0 Å². The van der Waals surface area contributed by atoms with E-state index < -0.39 is 0 Å². The van der Waals surface area contributed by atoms with E-state index in [1.165, 1.54) is 5.56 Å². The van der Waals surface area contributed by atoms with Crippen LogP contribution >= 0.6 is 0 Å². The Labute approximate surface area is 115 Å². The maximum Gasteiger partial charge on any atom is 0.338 e. The van der Waals surface area contributed by atoms with Crippen LogP contribution in [0.1, 0.15) is 42.1 Å². The number of hydrogen-bond acceptors (Lipinski definition) is 4. The van der Waals surface area contributed by atoms with Crippen LogP contribution in [-0.2, 0) is 11.2 Å². The van der Waals surface area contributed by atoms with Crippen molar-refractivity contribution in [3.05, 3.63) is 35.4 Å². The van der Waals surface area contributed by atoms with Crippen molar-refractivity contribution in [1.82, 2.24) is 0 Å². The number of benzene rings is 1. The van der Waals surface area contributed by atoms with Gasteiger partial charge >= 0.3 is 5.97 Å². The number of nitrogens with two attached hydrogens (primary N) is 2. The Balaban J connectivity index is 2.45. The zero-order chi connectivity index (χ0) is 14.1. The molecule has 0 aliphatic carbocycles. The third-order valence-electron chi connectivity index (χ3n) is 3.00. The molecular formula is C15H24N2O2. The van der Waals surface area contributed by atoms with Gasteiger partial charge in [0.1, 0.15) is 6.61 Å². The highest BCUT2D eigenvalue weighted by molar-refractivity contribution is 5.89. The summed E-state index contributed by atoms with van der Waals surface area (Å²) in [7, 11) is 0. The van der Waals surface area contributed by atoms with Gasteiger partial charge in [0.15, 0.2) is 0 Å². The number of esters is 1. The van der Waals surface area contributed by atoms with Crippen molar-refractivity contribution in [2.75, 3.05) is 13.2 Å². The molecule has 0 fully saturated rings. The first kappa shape index (κ1) is 15.7. The zero-order valence-electron chi connectivity index (χ0n) is 11.6. The normalized spacial score (nSPS) is 12.2. The molecule has 19 heavy (non-hydrogen) atoms. The molecule has 1 aromatic rings. The van der Waals surface area contributed by atoms with E-state index in [0.29, 0.717) is 12.1 Å². The third kappa shape index (κ3) is 5.85. The maximum atomic E-state index is 11.6. The van der Waals surface area contributed by atoms with Crippen LogP contribution in [0.4, 0.5) is 0 Å². The molecule has 0 spiro atoms. The Kier molecular flexibility index (Phi) is 7.15. The lowest BCUT2D eigenvalue weighted by atomic mass is 10.0. The van der Waals surface area contributed by atoms with Gasteiger partial charge in [0, 0.05) is 12.6 Å². The number of carbonyl (C=O) groups is 1. The summed E-state index contributed by atoms with van der Waals surface area (Å²) in [6, 6.07) is 7.76. The largest absolute Gasteiger partial charge is 0.461 e. The van der Waals surface area contributed by atoms with E-state index in [2.05, 4.69) is 6.92 Å². The van der Waals surface area contributed by atoms with Crippen molar-refractivity contribution in [3.8, 4) is 0 Å². The molecule has 1 atom stereocenters. The van der Waals surface area contributed by atoms with Gasteiger partial charge in [-0.1, -0.05) is 25.5 Å². The van der Waals surface area contributed by atoms with Crippen LogP contribution in [0.25, 0.3) is 0 Å². The van der Waals surface area contributed by atoms with E-state index in [1.807, 2.05) is 12.1 Å². The van der Waals surface area contributed by atoms with Gasteiger partial charge in [-0.3, -0.25) is 0 Å². The molecule has 0 aliphatic heterocycles. The molecule has 1 rings (SSSR count). The minimum Gasteiger partial charge on any atom is -0.461 e. The average Bonchev–Trinajstić information content (AvgIpc) is 2.43. The van der Waals surface area contributed by atoms with Gasteiger partial charge < -0.3 is 16.2 Å². The number of carbonyl (C=O) groups excluding carboxylic acids is 1. The molecule has 4 nitrogen and oxygen atoms in total. The van der Waals surface area contributed by atoms with Gasteiger partial charge in [0.2, 0.25) is 0 Å². The summed E-state index contributed by atoms with van der Waals surface area (Å²) in [6.07, 6.45) is 4.10. The molecule has 0 heterocycles. The minimum absolute atomic E-state index is 0.256. The average molecular weight is 264 g/mol. The highest BCUT2D eigenvalue weighted by Crippen LogP contribution is 2.10. The number of rotatable bonds is 8. The second kappa shape index (κ2) is 8.67. The fraction of sp³-hybridized carbons (Fsp3) is 0.533. The van der Waals surface area contributed by atoms with E-state index in [4.69, 9.17) is 16.2 Å². The SMILES string of the molecule is CCCC(N)CCc1ccc(C(=O)OCCN)cc1. The lowest BCUT2D eigenvalue weighted by Crippen LogP contribution is -2.20. The lowest BCUT2D eigenvalue weighted by Gasteiger charge is -2.10. The Bertz CT molecular complexity index is 376. The summed E-state index contributed by atoms with van der Waals surface area (Å²) in [4.78, 5) is 11.6. The second-order valence-corrected chi connectivity index (χ2v) is 4.71. The van der Waals surface area contributed by atoms with Gasteiger partial charge in [-0.25, -0.2) is 4.79 Å². The lowest BCUT2D eigenvalue weighted by molar-refractivity contribution is 0.0517. The second-order valence-electron chi connectivity index (χ2n) is 4.71. The third-order valence-corrected chi connectivity index (χ3v) is 3.00. The van der Waals surface area contributed by atoms with Crippen molar-refractivity contribution in [2.24, 2.45) is 11.5 Å². The molecule has 0 saturated heterocycles. The monoisotopic (exact) mass is 264 g/mol. The van der Waals surface area contributed by atoms with Gasteiger partial charge in [0.25, 0.3) is 0 Å². The van der Waals surface area contributed by atoms with E-state index in [-0.39, 0.29) is 18.6 Å². The first-order valence-corrected chi connectivity index (χ1v) is 6.89. The molecule has 0 saturated carbocycles. The highest BCUT2D eigenvalue weighted by atomic mass is 16.5. The van der Waals surface area contributed by atoms with E-state index in [1.54, 1.807) is 12.1 Å². The van der Waals surface area contributed by atoms with Crippen molar-refractivity contribution >= 4 is 5.97 Å². The van der Waals surface area contributed by atoms with Crippen LogP contribution in [0, 0.1) is 0 Å². The first-order chi connectivity index (χ1) is 9.17. The minimum atomic E-state index is -0.320. The summed E-state index contributed by atoms with van der Waals surface area (Å²) in [5, 5.41) is 0. The molecule has 4 heteroatoms. The molecule has 0 aliphatic rings. The zero-order valence-corrected chi connectivity index (χ0v) is 11.6. The Morgan fingerprint density at radius 1 is 1.26 bits per heavy atom. The predicted molar refractivity (Wildman–Crippen MR) is 77.0 cm³/mol. The molecule has 0 aromatic heterocycles. The highest BCUT2D eigenvalue weighted by Gasteiger charge is 2.07. The molecule has 106 valence electrons. The Hall–Kier alpha value is -1.39. The van der Waals surface area contributed by atoms with E-state index in [0.717, 1.165) is 25.7 Å². The quantitative estimate of drug-likeness (QED) is 0.702. The number of aryl methyl sites for hydroxylation is 1. The molecule has 1 unspecified atom stereocenters. The smallest absolute Gasteiger partial charge is 0.338 e. The Morgan fingerprint density at radius 3 is 2.53 bits per heavy atom. The van der Waals surface area contributed by atoms with Gasteiger partial charge in [0.05, 0.1) is 5.56 Å². The number of ether oxygens (including phenoxy) is 1. The van der Waals surface area contributed by atoms with Crippen LogP contribution in [0.3, 0.4) is 0 Å². The predicted octanol–water partition coefficient (Wildman–Crippen LogP) is 1.86. The van der Waals surface area contributed by atoms with Crippen LogP contribution in [0.5, 0.6) is 0 Å². The summed E-state index contributed by atoms with van der Waals surface area (Å²) >= 11 is 0. The Morgan fingerprint density at radius 2 is 1.95 bits per heavy atom. The molecule has 0 amide bonds. The van der Waals surface area contributed by atoms with Crippen LogP contribution in [0.2, 0.25) is 0 Å². The molecular weight excluding hydrogens is 240 g/mol. The number of hydrogen-bond donors (Lipinski definition) is 2. The van der Waals surface area contributed by atoms with Crippen molar-refractivity contribution < 1.29 is 9.53 Å². The van der Waals surface area contributed by atoms with Crippen LogP contribution < -0.4 is 11.5 Å². The van der Waals surface area contributed by atoms with Gasteiger partial charge in [-0.2, -0.15) is 0 Å².